The standard InChI is InChI=1S/C22H34N4O3/c1-5-23-20(24-11-8-16-6-7-19-17(14-16)10-13-28-19)26-12-9-18(15-26)25-21(27)29-22(2,3)4/h6-7,14,18H,5,8-13,15H2,1-4H3,(H,23,24)(H,25,27)/t18-/m1/s1. The van der Waals surface area contributed by atoms with Crippen LogP contribution in [0.1, 0.15) is 45.2 Å². The molecule has 1 aromatic rings. The molecule has 0 saturated carbocycles. The number of guanidine groups is 1. The van der Waals surface area contributed by atoms with E-state index in [0.29, 0.717) is 0 Å². The lowest BCUT2D eigenvalue weighted by atomic mass is 10.1. The van der Waals surface area contributed by atoms with Crippen molar-refractivity contribution in [2.45, 2.75) is 58.6 Å². The Balaban J connectivity index is 1.52. The van der Waals surface area contributed by atoms with E-state index >= 15 is 0 Å². The van der Waals surface area contributed by atoms with Crippen molar-refractivity contribution in [3.8, 4) is 5.75 Å². The minimum atomic E-state index is -0.484. The second-order valence-electron chi connectivity index (χ2n) is 8.60. The number of benzene rings is 1. The van der Waals surface area contributed by atoms with Crippen LogP contribution in [0.15, 0.2) is 23.2 Å². The maximum Gasteiger partial charge on any atom is 0.407 e. The second kappa shape index (κ2) is 9.37. The van der Waals surface area contributed by atoms with E-state index in [-0.39, 0.29) is 12.1 Å². The third-order valence-electron chi connectivity index (χ3n) is 4.96. The predicted molar refractivity (Wildman–Crippen MR) is 115 cm³/mol. The summed E-state index contributed by atoms with van der Waals surface area (Å²) in [4.78, 5) is 19.0. The van der Waals surface area contributed by atoms with Crippen LogP contribution in [0.25, 0.3) is 0 Å². The lowest BCUT2D eigenvalue weighted by molar-refractivity contribution is 0.0507. The van der Waals surface area contributed by atoms with Crippen molar-refractivity contribution in [2.24, 2.45) is 4.99 Å². The van der Waals surface area contributed by atoms with Gasteiger partial charge >= 0.3 is 6.09 Å². The highest BCUT2D eigenvalue weighted by atomic mass is 16.6. The van der Waals surface area contributed by atoms with Gasteiger partial charge in [0.1, 0.15) is 11.4 Å². The molecule has 7 nitrogen and oxygen atoms in total. The summed E-state index contributed by atoms with van der Waals surface area (Å²) in [5.41, 5.74) is 2.11. The van der Waals surface area contributed by atoms with Crippen LogP contribution in [-0.4, -0.2) is 61.4 Å². The molecule has 0 bridgehead atoms. The van der Waals surface area contributed by atoms with Gasteiger partial charge in [0.25, 0.3) is 0 Å². The molecular weight excluding hydrogens is 368 g/mol. The SMILES string of the molecule is CCNC(=NCCc1ccc2c(c1)CCO2)N1CC[C@@H](NC(=O)OC(C)(C)C)C1. The molecule has 1 saturated heterocycles. The van der Waals surface area contributed by atoms with Crippen molar-refractivity contribution >= 4 is 12.1 Å². The lowest BCUT2D eigenvalue weighted by Gasteiger charge is -2.23. The molecule has 0 aromatic heterocycles. The first-order valence-corrected chi connectivity index (χ1v) is 10.6. The van der Waals surface area contributed by atoms with Crippen LogP contribution in [0, 0.1) is 0 Å². The molecule has 0 radical (unpaired) electrons. The summed E-state index contributed by atoms with van der Waals surface area (Å²) in [5, 5.41) is 6.35. The monoisotopic (exact) mass is 402 g/mol. The Bertz CT molecular complexity index is 742. The summed E-state index contributed by atoms with van der Waals surface area (Å²) in [6, 6.07) is 6.51. The highest BCUT2D eigenvalue weighted by molar-refractivity contribution is 5.80. The van der Waals surface area contributed by atoms with Gasteiger partial charge < -0.3 is 25.0 Å². The number of hydrogen-bond donors (Lipinski definition) is 2. The molecule has 2 aliphatic heterocycles. The summed E-state index contributed by atoms with van der Waals surface area (Å²) in [6.45, 7) is 11.6. The van der Waals surface area contributed by atoms with Gasteiger partial charge in [-0.05, 0) is 57.7 Å². The van der Waals surface area contributed by atoms with Gasteiger partial charge in [-0.2, -0.15) is 0 Å². The van der Waals surface area contributed by atoms with Crippen molar-refractivity contribution in [3.05, 3.63) is 29.3 Å². The predicted octanol–water partition coefficient (Wildman–Crippen LogP) is 2.73. The van der Waals surface area contributed by atoms with Crippen LogP contribution in [0.4, 0.5) is 4.79 Å². The molecule has 7 heteroatoms. The fraction of sp³-hybridized carbons (Fsp3) is 0.636. The van der Waals surface area contributed by atoms with Gasteiger partial charge in [-0.25, -0.2) is 4.79 Å². The zero-order chi connectivity index (χ0) is 20.9. The number of nitrogens with zero attached hydrogens (tertiary/aromatic N) is 2. The summed E-state index contributed by atoms with van der Waals surface area (Å²) in [7, 11) is 0. The smallest absolute Gasteiger partial charge is 0.407 e. The van der Waals surface area contributed by atoms with Crippen LogP contribution in [0.2, 0.25) is 0 Å². The van der Waals surface area contributed by atoms with E-state index in [1.165, 1.54) is 11.1 Å². The lowest BCUT2D eigenvalue weighted by Crippen LogP contribution is -2.44. The first kappa shape index (κ1) is 21.3. The third-order valence-corrected chi connectivity index (χ3v) is 4.96. The molecule has 0 unspecified atom stereocenters. The van der Waals surface area contributed by atoms with Crippen LogP contribution in [-0.2, 0) is 17.6 Å². The van der Waals surface area contributed by atoms with Gasteiger partial charge in [-0.3, -0.25) is 4.99 Å². The number of carbonyl (C=O) groups excluding carboxylic acids is 1. The molecule has 2 heterocycles. The van der Waals surface area contributed by atoms with Crippen molar-refractivity contribution in [1.29, 1.82) is 0 Å². The van der Waals surface area contributed by atoms with E-state index in [0.717, 1.165) is 63.8 Å². The molecule has 29 heavy (non-hydrogen) atoms. The van der Waals surface area contributed by atoms with Gasteiger partial charge in [0, 0.05) is 32.6 Å². The largest absolute Gasteiger partial charge is 0.493 e. The molecule has 1 amide bonds. The Kier molecular flexibility index (Phi) is 6.87. The molecule has 0 aliphatic carbocycles. The number of amides is 1. The van der Waals surface area contributed by atoms with Crippen molar-refractivity contribution < 1.29 is 14.3 Å². The van der Waals surface area contributed by atoms with E-state index in [4.69, 9.17) is 14.5 Å². The number of fused-ring (bicyclic) bond motifs is 1. The molecular formula is C22H34N4O3. The topological polar surface area (TPSA) is 75.2 Å². The molecule has 2 aliphatic rings. The molecule has 0 spiro atoms. The van der Waals surface area contributed by atoms with Crippen molar-refractivity contribution in [3.63, 3.8) is 0 Å². The normalized spacial score (nSPS) is 19.0. The van der Waals surface area contributed by atoms with Gasteiger partial charge in [0.2, 0.25) is 0 Å². The van der Waals surface area contributed by atoms with Crippen LogP contribution >= 0.6 is 0 Å². The molecule has 1 atom stereocenters. The van der Waals surface area contributed by atoms with E-state index < -0.39 is 5.60 Å². The third kappa shape index (κ3) is 6.27. The number of alkyl carbamates (subject to hydrolysis) is 1. The Hall–Kier alpha value is -2.44. The number of ether oxygens (including phenoxy) is 2. The Morgan fingerprint density at radius 2 is 2.21 bits per heavy atom. The zero-order valence-corrected chi connectivity index (χ0v) is 18.1. The first-order chi connectivity index (χ1) is 13.8. The average Bonchev–Trinajstić information content (AvgIpc) is 3.28. The highest BCUT2D eigenvalue weighted by Gasteiger charge is 2.27. The molecule has 160 valence electrons. The summed E-state index contributed by atoms with van der Waals surface area (Å²) < 4.78 is 10.9. The number of likely N-dealkylation sites (tertiary alicyclic amines) is 1. The van der Waals surface area contributed by atoms with Gasteiger partial charge in [0.05, 0.1) is 12.6 Å². The highest BCUT2D eigenvalue weighted by Crippen LogP contribution is 2.26. The number of hydrogen-bond acceptors (Lipinski definition) is 4. The number of aliphatic imine (C=N–C) groups is 1. The fourth-order valence-corrected chi connectivity index (χ4v) is 3.66. The van der Waals surface area contributed by atoms with E-state index in [2.05, 4.69) is 40.7 Å². The summed E-state index contributed by atoms with van der Waals surface area (Å²) in [5.74, 6) is 1.93. The van der Waals surface area contributed by atoms with Crippen LogP contribution < -0.4 is 15.4 Å². The van der Waals surface area contributed by atoms with Gasteiger partial charge in [-0.1, -0.05) is 12.1 Å². The molecule has 3 rings (SSSR count). The number of carbonyl (C=O) groups is 1. The molecule has 1 fully saturated rings. The van der Waals surface area contributed by atoms with Gasteiger partial charge in [0.15, 0.2) is 5.96 Å². The summed E-state index contributed by atoms with van der Waals surface area (Å²) >= 11 is 0. The van der Waals surface area contributed by atoms with E-state index in [1.54, 1.807) is 0 Å². The number of nitrogens with one attached hydrogen (secondary N) is 2. The minimum Gasteiger partial charge on any atom is -0.493 e. The Morgan fingerprint density at radius 3 is 2.97 bits per heavy atom. The maximum atomic E-state index is 12.0. The van der Waals surface area contributed by atoms with Gasteiger partial charge in [-0.15, -0.1) is 0 Å². The van der Waals surface area contributed by atoms with Crippen LogP contribution in [0.3, 0.4) is 0 Å². The molecule has 2 N–H and O–H groups in total. The maximum absolute atomic E-state index is 12.0. The summed E-state index contributed by atoms with van der Waals surface area (Å²) in [6.07, 6.45) is 2.42. The minimum absolute atomic E-state index is 0.0745. The van der Waals surface area contributed by atoms with E-state index in [9.17, 15) is 4.79 Å². The quantitative estimate of drug-likeness (QED) is 0.585. The first-order valence-electron chi connectivity index (χ1n) is 10.6. The average molecular weight is 403 g/mol. The second-order valence-corrected chi connectivity index (χ2v) is 8.60. The van der Waals surface area contributed by atoms with Crippen LogP contribution in [0.5, 0.6) is 5.75 Å². The molecule has 1 aromatic carbocycles. The Labute approximate surface area is 173 Å². The number of rotatable bonds is 5. The van der Waals surface area contributed by atoms with E-state index in [1.807, 2.05) is 20.8 Å². The van der Waals surface area contributed by atoms with Crippen molar-refractivity contribution in [1.82, 2.24) is 15.5 Å². The Morgan fingerprint density at radius 1 is 1.38 bits per heavy atom. The van der Waals surface area contributed by atoms with Crippen molar-refractivity contribution in [2.75, 3.05) is 32.8 Å². The fourth-order valence-electron chi connectivity index (χ4n) is 3.66. The zero-order valence-electron chi connectivity index (χ0n) is 18.1.